The summed E-state index contributed by atoms with van der Waals surface area (Å²) in [6, 6.07) is 6.88. The molecule has 0 unspecified atom stereocenters. The maximum Gasteiger partial charge on any atom is 0.303 e. The van der Waals surface area contributed by atoms with Gasteiger partial charge < -0.3 is 22.3 Å². The Morgan fingerprint density at radius 3 is 2.10 bits per heavy atom. The van der Waals surface area contributed by atoms with Gasteiger partial charge in [0.25, 0.3) is 0 Å². The predicted molar refractivity (Wildman–Crippen MR) is 84.3 cm³/mol. The molecule has 0 aromatic heterocycles. The van der Waals surface area contributed by atoms with E-state index in [2.05, 4.69) is 0 Å². The maximum atomic E-state index is 9.93. The zero-order valence-corrected chi connectivity index (χ0v) is 12.2. The van der Waals surface area contributed by atoms with Crippen molar-refractivity contribution in [2.75, 3.05) is 12.3 Å². The van der Waals surface area contributed by atoms with E-state index < -0.39 is 5.97 Å². The third-order valence-electron chi connectivity index (χ3n) is 2.32. The Bertz CT molecular complexity index is 396. The number of benzene rings is 1. The van der Waals surface area contributed by atoms with Crippen molar-refractivity contribution in [3.05, 3.63) is 29.8 Å². The Balaban J connectivity index is 0. The fourth-order valence-electron chi connectivity index (χ4n) is 1.26. The Hall–Kier alpha value is -1.79. The van der Waals surface area contributed by atoms with Crippen LogP contribution < -0.4 is 17.2 Å². The van der Waals surface area contributed by atoms with Crippen molar-refractivity contribution in [1.29, 1.82) is 5.41 Å². The van der Waals surface area contributed by atoms with E-state index in [1.807, 2.05) is 0 Å². The molecule has 0 fully saturated rings. The summed E-state index contributed by atoms with van der Waals surface area (Å²) in [4.78, 5) is 9.93. The Morgan fingerprint density at radius 2 is 1.70 bits per heavy atom. The summed E-state index contributed by atoms with van der Waals surface area (Å²) >= 11 is 0. The number of anilines is 1. The van der Waals surface area contributed by atoms with Gasteiger partial charge in [0.05, 0.1) is 0 Å². The fourth-order valence-corrected chi connectivity index (χ4v) is 1.26. The minimum Gasteiger partial charge on any atom is -0.481 e. The number of unbranched alkanes of at least 4 members (excludes halogenated alkanes) is 2. The monoisotopic (exact) mass is 302 g/mol. The first-order chi connectivity index (χ1) is 8.97. The largest absolute Gasteiger partial charge is 0.481 e. The quantitative estimate of drug-likeness (QED) is 0.235. The van der Waals surface area contributed by atoms with Crippen LogP contribution >= 0.6 is 12.4 Å². The molecule has 6 nitrogen and oxygen atoms in total. The van der Waals surface area contributed by atoms with Gasteiger partial charge >= 0.3 is 5.97 Å². The Morgan fingerprint density at radius 1 is 1.15 bits per heavy atom. The van der Waals surface area contributed by atoms with Crippen LogP contribution in [-0.2, 0) is 4.79 Å². The van der Waals surface area contributed by atoms with Crippen LogP contribution in [0.25, 0.3) is 0 Å². The summed E-state index contributed by atoms with van der Waals surface area (Å²) in [5.41, 5.74) is 17.2. The lowest BCUT2D eigenvalue weighted by molar-refractivity contribution is -0.137. The molecule has 0 amide bonds. The van der Waals surface area contributed by atoms with E-state index in [4.69, 9.17) is 27.7 Å². The molecule has 0 radical (unpaired) electrons. The highest BCUT2D eigenvalue weighted by Gasteiger charge is 1.94. The van der Waals surface area contributed by atoms with Gasteiger partial charge in [-0.1, -0.05) is 6.42 Å². The second-order valence-electron chi connectivity index (χ2n) is 4.03. The van der Waals surface area contributed by atoms with Crippen LogP contribution in [-0.4, -0.2) is 23.5 Å². The van der Waals surface area contributed by atoms with E-state index in [-0.39, 0.29) is 24.7 Å². The smallest absolute Gasteiger partial charge is 0.303 e. The van der Waals surface area contributed by atoms with Gasteiger partial charge in [-0.05, 0) is 43.7 Å². The minimum atomic E-state index is -0.716. The molecule has 1 rings (SSSR count). The highest BCUT2D eigenvalue weighted by Crippen LogP contribution is 2.03. The van der Waals surface area contributed by atoms with Crippen molar-refractivity contribution < 1.29 is 9.90 Å². The summed E-state index contributed by atoms with van der Waals surface area (Å²) < 4.78 is 0. The Kier molecular flexibility index (Phi) is 12.6. The number of hydrogen-bond acceptors (Lipinski definition) is 4. The van der Waals surface area contributed by atoms with Gasteiger partial charge in [-0.2, -0.15) is 0 Å². The molecule has 20 heavy (non-hydrogen) atoms. The van der Waals surface area contributed by atoms with Crippen molar-refractivity contribution in [3.63, 3.8) is 0 Å². The minimum absolute atomic E-state index is 0. The molecule has 0 aliphatic carbocycles. The molecule has 0 aliphatic heterocycles. The van der Waals surface area contributed by atoms with Gasteiger partial charge in [0, 0.05) is 17.7 Å². The number of rotatable bonds is 6. The van der Waals surface area contributed by atoms with Crippen molar-refractivity contribution in [1.82, 2.24) is 0 Å². The van der Waals surface area contributed by atoms with Gasteiger partial charge in [0.2, 0.25) is 0 Å². The normalized spacial score (nSPS) is 8.85. The summed E-state index contributed by atoms with van der Waals surface area (Å²) in [7, 11) is 0. The predicted octanol–water partition coefficient (Wildman–Crippen LogP) is 1.56. The third kappa shape index (κ3) is 11.3. The van der Waals surface area contributed by atoms with Crippen molar-refractivity contribution >= 4 is 29.9 Å². The number of aliphatic carboxylic acids is 1. The first kappa shape index (κ1) is 20.5. The molecule has 0 spiro atoms. The summed E-state index contributed by atoms with van der Waals surface area (Å²) in [5, 5.41) is 15.2. The van der Waals surface area contributed by atoms with Crippen LogP contribution in [0.15, 0.2) is 24.3 Å². The first-order valence-corrected chi connectivity index (χ1v) is 6.09. The molecule has 1 aromatic carbocycles. The average molecular weight is 303 g/mol. The highest BCUT2D eigenvalue weighted by molar-refractivity contribution is 5.95. The molecule has 1 aromatic rings. The molecule has 7 heteroatoms. The zero-order valence-electron chi connectivity index (χ0n) is 11.3. The molecule has 0 aliphatic rings. The van der Waals surface area contributed by atoms with Crippen LogP contribution in [0.1, 0.15) is 31.2 Å². The van der Waals surface area contributed by atoms with E-state index in [0.29, 0.717) is 17.8 Å². The van der Waals surface area contributed by atoms with E-state index in [1.165, 1.54) is 0 Å². The Labute approximate surface area is 125 Å². The number of nitrogens with one attached hydrogen (secondary N) is 1. The lowest BCUT2D eigenvalue weighted by Crippen LogP contribution is -2.10. The number of nitrogens with two attached hydrogens (primary N) is 3. The number of carbonyl (C=O) groups is 1. The number of nitrogen functional groups attached to an aromatic ring is 2. The van der Waals surface area contributed by atoms with Crippen molar-refractivity contribution in [2.45, 2.75) is 25.7 Å². The summed E-state index contributed by atoms with van der Waals surface area (Å²) in [5.74, 6) is -0.646. The second-order valence-corrected chi connectivity index (χ2v) is 4.03. The number of carboxylic acids is 1. The molecule has 8 N–H and O–H groups in total. The zero-order chi connectivity index (χ0) is 14.7. The average Bonchev–Trinajstić information content (AvgIpc) is 2.36. The first-order valence-electron chi connectivity index (χ1n) is 6.09. The van der Waals surface area contributed by atoms with Crippen LogP contribution in [0.3, 0.4) is 0 Å². The maximum absolute atomic E-state index is 9.93. The van der Waals surface area contributed by atoms with Gasteiger partial charge in [-0.3, -0.25) is 10.2 Å². The summed E-state index contributed by atoms with van der Waals surface area (Å²) in [6.45, 7) is 0.666. The second kappa shape index (κ2) is 12.3. The van der Waals surface area contributed by atoms with Crippen LogP contribution in [0.2, 0.25) is 0 Å². The fraction of sp³-hybridized carbons (Fsp3) is 0.385. The topological polar surface area (TPSA) is 139 Å². The van der Waals surface area contributed by atoms with E-state index >= 15 is 0 Å². The number of amidine groups is 1. The molecular formula is C13H23ClN4O2. The van der Waals surface area contributed by atoms with E-state index in [1.54, 1.807) is 24.3 Å². The van der Waals surface area contributed by atoms with E-state index in [0.717, 1.165) is 19.3 Å². The van der Waals surface area contributed by atoms with Gasteiger partial charge in [-0.25, -0.2) is 0 Å². The summed E-state index contributed by atoms with van der Waals surface area (Å²) in [6.07, 6.45) is 2.91. The number of carboxylic acid groups (broad SMARTS) is 1. The van der Waals surface area contributed by atoms with Gasteiger partial charge in [-0.15, -0.1) is 12.4 Å². The molecular weight excluding hydrogens is 280 g/mol. The van der Waals surface area contributed by atoms with Crippen molar-refractivity contribution in [2.24, 2.45) is 11.5 Å². The van der Waals surface area contributed by atoms with Gasteiger partial charge in [0.1, 0.15) is 5.84 Å². The van der Waals surface area contributed by atoms with Crippen LogP contribution in [0.4, 0.5) is 5.69 Å². The molecule has 0 saturated heterocycles. The van der Waals surface area contributed by atoms with Crippen LogP contribution in [0.5, 0.6) is 0 Å². The lowest BCUT2D eigenvalue weighted by Gasteiger charge is -1.96. The standard InChI is InChI=1S/C7H9N3.C6H13NO2.ClH/c8-6-3-1-5(2-4-6)7(9)10;7-5-3-1-2-4-6(8)9;/h1-4H,8H2,(H3,9,10);1-5,7H2,(H,8,9);1H. The molecule has 0 atom stereocenters. The van der Waals surface area contributed by atoms with Crippen molar-refractivity contribution in [3.8, 4) is 0 Å². The molecule has 114 valence electrons. The van der Waals surface area contributed by atoms with Crippen LogP contribution in [0, 0.1) is 5.41 Å². The highest BCUT2D eigenvalue weighted by atomic mass is 35.5. The van der Waals surface area contributed by atoms with Gasteiger partial charge in [0.15, 0.2) is 0 Å². The lowest BCUT2D eigenvalue weighted by atomic mass is 10.2. The molecule has 0 saturated carbocycles. The SMILES string of the molecule is Cl.N=C(N)c1ccc(N)cc1.NCCCCCC(=O)O. The number of halogens is 1. The third-order valence-corrected chi connectivity index (χ3v) is 2.32. The molecule has 0 bridgehead atoms. The number of hydrogen-bond donors (Lipinski definition) is 5. The van der Waals surface area contributed by atoms with E-state index in [9.17, 15) is 4.79 Å². The molecule has 0 heterocycles.